The van der Waals surface area contributed by atoms with Gasteiger partial charge in [-0.05, 0) is 103 Å². The van der Waals surface area contributed by atoms with Gasteiger partial charge in [0.1, 0.15) is 12.7 Å². The van der Waals surface area contributed by atoms with E-state index >= 15 is 0 Å². The minimum atomic E-state index is -4.78. The molecule has 11 nitrogen and oxygen atoms in total. The molecule has 482 valence electrons. The molecule has 0 radical (unpaired) electrons. The van der Waals surface area contributed by atoms with Crippen LogP contribution in [0.2, 0.25) is 0 Å². The minimum Gasteiger partial charge on any atom is -0.462 e. The Labute approximate surface area is 514 Å². The van der Waals surface area contributed by atoms with E-state index in [1.165, 1.54) is 96.3 Å². The Kier molecular flexibility index (Phi) is 62.1. The van der Waals surface area contributed by atoms with E-state index in [-0.39, 0.29) is 25.9 Å². The summed E-state index contributed by atoms with van der Waals surface area (Å²) in [5, 5.41) is 9.87. The molecule has 0 rings (SSSR count). The molecule has 0 saturated carbocycles. The number of hydrogen-bond donors (Lipinski definition) is 2. The third kappa shape index (κ3) is 62.7. The van der Waals surface area contributed by atoms with Crippen LogP contribution < -0.4 is 0 Å². The third-order valence-corrected chi connectivity index (χ3v) is 15.1. The first-order valence-electron chi connectivity index (χ1n) is 33.8. The van der Waals surface area contributed by atoms with Crippen LogP contribution in [0, 0.1) is 0 Å². The smallest absolute Gasteiger partial charge is 0.462 e. The number of phosphoric acid groups is 1. The molecule has 0 heterocycles. The second kappa shape index (κ2) is 65.1. The van der Waals surface area contributed by atoms with Crippen LogP contribution in [0.5, 0.6) is 0 Å². The highest BCUT2D eigenvalue weighted by atomic mass is 31.2. The summed E-state index contributed by atoms with van der Waals surface area (Å²) in [6.07, 6.45) is 80.4. The van der Waals surface area contributed by atoms with E-state index < -0.39 is 57.8 Å². The number of carbonyl (C=O) groups excluding carboxylic acids is 3. The first-order valence-corrected chi connectivity index (χ1v) is 35.3. The second-order valence-corrected chi connectivity index (χ2v) is 23.7. The molecule has 3 unspecified atom stereocenters. The van der Waals surface area contributed by atoms with Gasteiger partial charge in [0, 0.05) is 19.3 Å². The maximum atomic E-state index is 13.0. The van der Waals surface area contributed by atoms with Gasteiger partial charge in [0.25, 0.3) is 0 Å². The summed E-state index contributed by atoms with van der Waals surface area (Å²) in [5.41, 5.74) is 0. The van der Waals surface area contributed by atoms with Gasteiger partial charge in [-0.25, -0.2) is 4.57 Å². The number of unbranched alkanes of at least 4 members (excludes halogenated alkanes) is 27. The number of phosphoric ester groups is 1. The largest absolute Gasteiger partial charge is 0.472 e. The van der Waals surface area contributed by atoms with Crippen molar-refractivity contribution in [3.63, 3.8) is 0 Å². The van der Waals surface area contributed by atoms with Crippen LogP contribution >= 0.6 is 7.82 Å². The monoisotopic (exact) mass is 1190 g/mol. The SMILES string of the molecule is CC/C=C\C/C=C\C/C=C\C/C=C\C/C=C\CCCCCC(=O)OC(COC(=O)CCCCCCCCCCCCCCCCCCCCC)COP(=O)(O)OCC(CO)OC(=O)CCCCCCCC/C=C\C/C=C\C/C=C\C/C=C\CC. The number of aliphatic hydroxyl groups excluding tert-OH is 1. The van der Waals surface area contributed by atoms with Crippen molar-refractivity contribution in [2.24, 2.45) is 0 Å². The van der Waals surface area contributed by atoms with Crippen LogP contribution in [0.15, 0.2) is 109 Å². The Morgan fingerprint density at radius 1 is 0.345 bits per heavy atom. The van der Waals surface area contributed by atoms with Crippen molar-refractivity contribution in [1.29, 1.82) is 0 Å². The van der Waals surface area contributed by atoms with Crippen molar-refractivity contribution >= 4 is 25.7 Å². The molecule has 0 saturated heterocycles. The van der Waals surface area contributed by atoms with Crippen molar-refractivity contribution < 1.29 is 52.2 Å². The van der Waals surface area contributed by atoms with Crippen LogP contribution in [0.1, 0.15) is 290 Å². The summed E-state index contributed by atoms with van der Waals surface area (Å²) >= 11 is 0. The van der Waals surface area contributed by atoms with E-state index in [4.69, 9.17) is 23.3 Å². The topological polar surface area (TPSA) is 155 Å². The maximum Gasteiger partial charge on any atom is 0.472 e. The normalized spacial score (nSPS) is 13.9. The summed E-state index contributed by atoms with van der Waals surface area (Å²) in [6.45, 7) is 4.41. The Balaban J connectivity index is 4.75. The maximum absolute atomic E-state index is 13.0. The van der Waals surface area contributed by atoms with Gasteiger partial charge >= 0.3 is 25.7 Å². The molecule has 3 atom stereocenters. The number of allylic oxidation sites excluding steroid dienone is 18. The Hall–Kier alpha value is -3.86. The molecule has 0 aromatic heterocycles. The highest BCUT2D eigenvalue weighted by Crippen LogP contribution is 2.43. The van der Waals surface area contributed by atoms with Crippen LogP contribution in [0.3, 0.4) is 0 Å². The van der Waals surface area contributed by atoms with Crippen molar-refractivity contribution in [2.45, 2.75) is 303 Å². The highest BCUT2D eigenvalue weighted by Gasteiger charge is 2.28. The van der Waals surface area contributed by atoms with Gasteiger partial charge in [-0.15, -0.1) is 0 Å². The van der Waals surface area contributed by atoms with E-state index in [0.717, 1.165) is 135 Å². The molecular formula is C72H123O11P. The predicted molar refractivity (Wildman–Crippen MR) is 353 cm³/mol. The average molecular weight is 1200 g/mol. The zero-order valence-corrected chi connectivity index (χ0v) is 54.5. The lowest BCUT2D eigenvalue weighted by Crippen LogP contribution is -2.30. The molecule has 0 amide bonds. The van der Waals surface area contributed by atoms with E-state index in [1.54, 1.807) is 0 Å². The van der Waals surface area contributed by atoms with Gasteiger partial charge in [0.05, 0.1) is 19.8 Å². The van der Waals surface area contributed by atoms with Gasteiger partial charge in [-0.1, -0.05) is 278 Å². The molecule has 0 bridgehead atoms. The Morgan fingerprint density at radius 2 is 0.619 bits per heavy atom. The van der Waals surface area contributed by atoms with Crippen molar-refractivity contribution in [1.82, 2.24) is 0 Å². The number of hydrogen-bond acceptors (Lipinski definition) is 10. The summed E-state index contributed by atoms with van der Waals surface area (Å²) in [4.78, 5) is 48.9. The lowest BCUT2D eigenvalue weighted by Gasteiger charge is -2.21. The molecule has 0 aliphatic rings. The fourth-order valence-electron chi connectivity index (χ4n) is 9.14. The first-order chi connectivity index (χ1) is 41.2. The molecule has 0 fully saturated rings. The Morgan fingerprint density at radius 3 is 0.964 bits per heavy atom. The van der Waals surface area contributed by atoms with Crippen LogP contribution in [0.4, 0.5) is 0 Å². The molecule has 0 aliphatic carbocycles. The van der Waals surface area contributed by atoms with Crippen molar-refractivity contribution in [2.75, 3.05) is 26.4 Å². The summed E-state index contributed by atoms with van der Waals surface area (Å²) < 4.78 is 39.7. The lowest BCUT2D eigenvalue weighted by molar-refractivity contribution is -0.161. The molecular weight excluding hydrogens is 1070 g/mol. The van der Waals surface area contributed by atoms with Crippen molar-refractivity contribution in [3.8, 4) is 0 Å². The zero-order valence-electron chi connectivity index (χ0n) is 53.6. The molecule has 0 aliphatic heterocycles. The van der Waals surface area contributed by atoms with Crippen molar-refractivity contribution in [3.05, 3.63) is 109 Å². The second-order valence-electron chi connectivity index (χ2n) is 22.2. The number of esters is 3. The third-order valence-electron chi connectivity index (χ3n) is 14.2. The molecule has 0 aromatic carbocycles. The predicted octanol–water partition coefficient (Wildman–Crippen LogP) is 20.9. The summed E-state index contributed by atoms with van der Waals surface area (Å²) in [7, 11) is -4.78. The lowest BCUT2D eigenvalue weighted by atomic mass is 10.0. The first kappa shape index (κ1) is 80.1. The fourth-order valence-corrected chi connectivity index (χ4v) is 9.92. The summed E-state index contributed by atoms with van der Waals surface area (Å²) in [6, 6.07) is 0. The van der Waals surface area contributed by atoms with E-state index in [1.807, 2.05) is 0 Å². The standard InChI is InChI=1S/C72H123O11P/c1-4-7-10-13-16-19-22-25-28-31-34-37-40-43-46-49-52-55-58-61-70(74)79-65-69(83-72(76)63-60-57-54-51-48-45-42-39-36-33-30-27-24-21-18-15-12-9-6-3)67-81-84(77,78)80-66-68(64-73)82-71(75)62-59-56-53-50-47-44-41-38-35-32-29-26-23-20-17-14-11-8-5-2/h8-9,11-12,17-18,20-21,26-27,29-30,35-36,38-39,45,48,68-69,73H,4-7,10,13-16,19,22-25,28,31-34,37,40-44,46-47,49-67H2,1-3H3,(H,77,78)/b11-8-,12-9-,20-17-,21-18-,29-26-,30-27-,38-35-,39-36-,48-45-. The number of rotatable bonds is 62. The molecule has 2 N–H and O–H groups in total. The highest BCUT2D eigenvalue weighted by molar-refractivity contribution is 7.47. The number of ether oxygens (including phenoxy) is 3. The molecule has 0 aromatic rings. The van der Waals surface area contributed by atoms with E-state index in [2.05, 4.69) is 130 Å². The van der Waals surface area contributed by atoms with Gasteiger partial charge in [0.15, 0.2) is 6.10 Å². The van der Waals surface area contributed by atoms with Gasteiger partial charge in [0.2, 0.25) is 0 Å². The number of aliphatic hydroxyl groups is 1. The van der Waals surface area contributed by atoms with Crippen LogP contribution in [0.25, 0.3) is 0 Å². The van der Waals surface area contributed by atoms with Crippen LogP contribution in [-0.4, -0.2) is 66.5 Å². The molecule has 12 heteroatoms. The Bertz CT molecular complexity index is 1830. The fraction of sp³-hybridized carbons (Fsp3) is 0.708. The minimum absolute atomic E-state index is 0.125. The number of carbonyl (C=O) groups is 3. The van der Waals surface area contributed by atoms with Gasteiger partial charge in [-0.2, -0.15) is 0 Å². The van der Waals surface area contributed by atoms with Gasteiger partial charge in [-0.3, -0.25) is 23.4 Å². The van der Waals surface area contributed by atoms with Gasteiger partial charge < -0.3 is 24.2 Å². The van der Waals surface area contributed by atoms with E-state index in [0.29, 0.717) is 19.3 Å². The van der Waals surface area contributed by atoms with E-state index in [9.17, 15) is 28.9 Å². The molecule has 84 heavy (non-hydrogen) atoms. The zero-order chi connectivity index (χ0) is 61.2. The summed E-state index contributed by atoms with van der Waals surface area (Å²) in [5.74, 6) is -1.51. The quantitative estimate of drug-likeness (QED) is 0.0197. The molecule has 0 spiro atoms. The average Bonchev–Trinajstić information content (AvgIpc) is 3.53. The van der Waals surface area contributed by atoms with Crippen LogP contribution in [-0.2, 0) is 42.2 Å².